The highest BCUT2D eigenvalue weighted by atomic mass is 35.5. The second kappa shape index (κ2) is 7.48. The van der Waals surface area contributed by atoms with Crippen LogP contribution in [0, 0.1) is 12.7 Å². The molecule has 112 valence electrons. The summed E-state index contributed by atoms with van der Waals surface area (Å²) in [4.78, 5) is 8.71. The summed E-state index contributed by atoms with van der Waals surface area (Å²) >= 11 is 5.72. The summed E-state index contributed by atoms with van der Waals surface area (Å²) < 4.78 is 13.6. The average Bonchev–Trinajstić information content (AvgIpc) is 2.48. The fourth-order valence-electron chi connectivity index (χ4n) is 2.08. The molecule has 2 rings (SSSR count). The Hall–Kier alpha value is -1.52. The van der Waals surface area contributed by atoms with Crippen LogP contribution in [0.3, 0.4) is 0 Å². The molecule has 0 aliphatic rings. The van der Waals surface area contributed by atoms with Gasteiger partial charge in [0.25, 0.3) is 0 Å². The van der Waals surface area contributed by atoms with E-state index in [0.717, 1.165) is 29.9 Å². The van der Waals surface area contributed by atoms with Crippen molar-refractivity contribution in [3.05, 3.63) is 58.4 Å². The number of hydrogen-bond donors (Lipinski definition) is 1. The zero-order chi connectivity index (χ0) is 15.2. The van der Waals surface area contributed by atoms with Crippen LogP contribution < -0.4 is 5.32 Å². The van der Waals surface area contributed by atoms with Crippen molar-refractivity contribution < 1.29 is 4.39 Å². The van der Waals surface area contributed by atoms with Gasteiger partial charge in [0.1, 0.15) is 5.82 Å². The zero-order valence-electron chi connectivity index (χ0n) is 12.2. The third kappa shape index (κ3) is 4.48. The molecule has 0 saturated carbocycles. The van der Waals surface area contributed by atoms with E-state index in [1.807, 2.05) is 13.0 Å². The molecule has 0 radical (unpaired) electrons. The molecule has 0 amide bonds. The van der Waals surface area contributed by atoms with Crippen LogP contribution in [0.15, 0.2) is 30.6 Å². The van der Waals surface area contributed by atoms with Gasteiger partial charge in [0.05, 0.1) is 28.6 Å². The summed E-state index contributed by atoms with van der Waals surface area (Å²) in [5.74, 6) is -0.390. The van der Waals surface area contributed by atoms with Crippen LogP contribution in [0.1, 0.15) is 36.3 Å². The lowest BCUT2D eigenvalue weighted by Crippen LogP contribution is -2.25. The molecule has 1 atom stereocenters. The van der Waals surface area contributed by atoms with Gasteiger partial charge in [-0.3, -0.25) is 9.97 Å². The highest BCUT2D eigenvalue weighted by molar-refractivity contribution is 6.30. The first-order valence-corrected chi connectivity index (χ1v) is 7.43. The van der Waals surface area contributed by atoms with E-state index in [4.69, 9.17) is 11.6 Å². The van der Waals surface area contributed by atoms with Gasteiger partial charge in [0.15, 0.2) is 0 Å². The van der Waals surface area contributed by atoms with Crippen molar-refractivity contribution in [3.63, 3.8) is 0 Å². The standard InChI is InChI=1S/C16H19ClFN3/c1-3-6-19-15(16-10-20-11(2)9-21-16)8-12-4-5-13(17)14(18)7-12/h4-5,7,9-10,15,19H,3,6,8H2,1-2H3. The molecule has 1 aromatic carbocycles. The van der Waals surface area contributed by atoms with Gasteiger partial charge < -0.3 is 5.32 Å². The molecule has 1 unspecified atom stereocenters. The molecule has 0 bridgehead atoms. The van der Waals surface area contributed by atoms with Gasteiger partial charge in [-0.05, 0) is 44.0 Å². The maximum absolute atomic E-state index is 13.6. The number of nitrogens with zero attached hydrogens (tertiary/aromatic N) is 2. The van der Waals surface area contributed by atoms with E-state index in [0.29, 0.717) is 6.42 Å². The Kier molecular flexibility index (Phi) is 5.65. The van der Waals surface area contributed by atoms with Crippen molar-refractivity contribution in [2.75, 3.05) is 6.54 Å². The minimum Gasteiger partial charge on any atom is -0.308 e. The van der Waals surface area contributed by atoms with Gasteiger partial charge in [-0.15, -0.1) is 0 Å². The third-order valence-corrected chi connectivity index (χ3v) is 3.53. The quantitative estimate of drug-likeness (QED) is 0.880. The molecular formula is C16H19ClFN3. The van der Waals surface area contributed by atoms with Crippen molar-refractivity contribution in [1.82, 2.24) is 15.3 Å². The smallest absolute Gasteiger partial charge is 0.142 e. The van der Waals surface area contributed by atoms with Crippen LogP contribution in [0.5, 0.6) is 0 Å². The first-order chi connectivity index (χ1) is 10.1. The second-order valence-electron chi connectivity index (χ2n) is 5.04. The number of aryl methyl sites for hydroxylation is 1. The van der Waals surface area contributed by atoms with Crippen LogP contribution in [-0.4, -0.2) is 16.5 Å². The highest BCUT2D eigenvalue weighted by Crippen LogP contribution is 2.20. The summed E-state index contributed by atoms with van der Waals surface area (Å²) in [6.45, 7) is 4.88. The first-order valence-electron chi connectivity index (χ1n) is 7.06. The number of hydrogen-bond acceptors (Lipinski definition) is 3. The zero-order valence-corrected chi connectivity index (χ0v) is 13.0. The lowest BCUT2D eigenvalue weighted by Gasteiger charge is -2.18. The molecule has 1 aromatic heterocycles. The monoisotopic (exact) mass is 307 g/mol. The van der Waals surface area contributed by atoms with E-state index in [2.05, 4.69) is 22.2 Å². The normalized spacial score (nSPS) is 12.4. The molecular weight excluding hydrogens is 289 g/mol. The number of aromatic nitrogens is 2. The Morgan fingerprint density at radius 3 is 2.71 bits per heavy atom. The Morgan fingerprint density at radius 2 is 2.10 bits per heavy atom. The molecule has 21 heavy (non-hydrogen) atoms. The Bertz CT molecular complexity index is 587. The van der Waals surface area contributed by atoms with Crippen LogP contribution >= 0.6 is 11.6 Å². The van der Waals surface area contributed by atoms with Gasteiger partial charge in [-0.1, -0.05) is 24.6 Å². The average molecular weight is 308 g/mol. The third-order valence-electron chi connectivity index (χ3n) is 3.22. The van der Waals surface area contributed by atoms with Crippen molar-refractivity contribution in [3.8, 4) is 0 Å². The summed E-state index contributed by atoms with van der Waals surface area (Å²) in [7, 11) is 0. The van der Waals surface area contributed by atoms with Crippen LogP contribution in [0.25, 0.3) is 0 Å². The molecule has 0 saturated heterocycles. The maximum Gasteiger partial charge on any atom is 0.142 e. The van der Waals surface area contributed by atoms with E-state index >= 15 is 0 Å². The van der Waals surface area contributed by atoms with E-state index in [1.165, 1.54) is 6.07 Å². The predicted octanol–water partition coefficient (Wildman–Crippen LogP) is 3.86. The molecule has 1 heterocycles. The fourth-order valence-corrected chi connectivity index (χ4v) is 2.20. The molecule has 1 N–H and O–H groups in total. The topological polar surface area (TPSA) is 37.8 Å². The van der Waals surface area contributed by atoms with Crippen molar-refractivity contribution >= 4 is 11.6 Å². The maximum atomic E-state index is 13.6. The predicted molar refractivity (Wildman–Crippen MR) is 82.9 cm³/mol. The van der Waals surface area contributed by atoms with E-state index < -0.39 is 5.82 Å². The summed E-state index contributed by atoms with van der Waals surface area (Å²) in [5.41, 5.74) is 2.63. The SMILES string of the molecule is CCCNC(Cc1ccc(Cl)c(F)c1)c1cnc(C)cn1. The molecule has 2 aromatic rings. The van der Waals surface area contributed by atoms with Crippen molar-refractivity contribution in [1.29, 1.82) is 0 Å². The number of nitrogens with one attached hydrogen (secondary N) is 1. The Labute approximate surface area is 129 Å². The van der Waals surface area contributed by atoms with E-state index in [1.54, 1.807) is 18.5 Å². The van der Waals surface area contributed by atoms with Crippen molar-refractivity contribution in [2.24, 2.45) is 0 Å². The molecule has 0 aliphatic heterocycles. The van der Waals surface area contributed by atoms with Gasteiger partial charge in [-0.25, -0.2) is 4.39 Å². The lowest BCUT2D eigenvalue weighted by molar-refractivity contribution is 0.514. The second-order valence-corrected chi connectivity index (χ2v) is 5.45. The molecule has 3 nitrogen and oxygen atoms in total. The summed E-state index contributed by atoms with van der Waals surface area (Å²) in [6.07, 6.45) is 5.18. The lowest BCUT2D eigenvalue weighted by atomic mass is 10.0. The number of halogens is 2. The molecule has 0 spiro atoms. The van der Waals surface area contributed by atoms with E-state index in [9.17, 15) is 4.39 Å². The fraction of sp³-hybridized carbons (Fsp3) is 0.375. The molecule has 0 aliphatic carbocycles. The van der Waals surface area contributed by atoms with Crippen molar-refractivity contribution in [2.45, 2.75) is 32.7 Å². The van der Waals surface area contributed by atoms with Gasteiger partial charge >= 0.3 is 0 Å². The minimum atomic E-state index is -0.390. The van der Waals surface area contributed by atoms with E-state index in [-0.39, 0.29) is 11.1 Å². The molecule has 5 heteroatoms. The minimum absolute atomic E-state index is 0.0126. The number of rotatable bonds is 6. The van der Waals surface area contributed by atoms with Gasteiger partial charge in [0.2, 0.25) is 0 Å². The Balaban J connectivity index is 2.19. The van der Waals surface area contributed by atoms with Gasteiger partial charge in [-0.2, -0.15) is 0 Å². The highest BCUT2D eigenvalue weighted by Gasteiger charge is 2.14. The first kappa shape index (κ1) is 15.9. The summed E-state index contributed by atoms with van der Waals surface area (Å²) in [5, 5.41) is 3.58. The Morgan fingerprint density at radius 1 is 1.29 bits per heavy atom. The number of benzene rings is 1. The molecule has 0 fully saturated rings. The van der Waals surface area contributed by atoms with Crippen LogP contribution in [-0.2, 0) is 6.42 Å². The van der Waals surface area contributed by atoms with Gasteiger partial charge in [0, 0.05) is 6.20 Å². The van der Waals surface area contributed by atoms with Crippen LogP contribution in [0.4, 0.5) is 4.39 Å². The van der Waals surface area contributed by atoms with Crippen LogP contribution in [0.2, 0.25) is 5.02 Å². The largest absolute Gasteiger partial charge is 0.308 e. The summed E-state index contributed by atoms with van der Waals surface area (Å²) in [6, 6.07) is 4.92.